The molecule has 86 valence electrons. The lowest BCUT2D eigenvalue weighted by Crippen LogP contribution is -2.31. The first kappa shape index (κ1) is 11.1. The number of tetrazole rings is 1. The van der Waals surface area contributed by atoms with Gasteiger partial charge in [-0.15, -0.1) is 16.4 Å². The molecule has 5 nitrogen and oxygen atoms in total. The van der Waals surface area contributed by atoms with Crippen molar-refractivity contribution in [3.05, 3.63) is 28.7 Å². The number of aliphatic hydroxyl groups is 1. The summed E-state index contributed by atoms with van der Waals surface area (Å²) in [5.41, 5.74) is 0. The number of hydrogen-bond acceptors (Lipinski definition) is 5. The van der Waals surface area contributed by atoms with Crippen molar-refractivity contribution < 1.29 is 13.9 Å². The molecule has 0 bridgehead atoms. The molecule has 1 N–H and O–H groups in total. The molecule has 2 rings (SSSR count). The van der Waals surface area contributed by atoms with Crippen molar-refractivity contribution in [2.45, 2.75) is 18.6 Å². The predicted molar refractivity (Wildman–Crippen MR) is 52.3 cm³/mol. The fourth-order valence-electron chi connectivity index (χ4n) is 1.35. The van der Waals surface area contributed by atoms with Gasteiger partial charge in [0.25, 0.3) is 6.43 Å². The van der Waals surface area contributed by atoms with Gasteiger partial charge in [-0.25, -0.2) is 13.5 Å². The Bertz CT molecular complexity index is 385. The van der Waals surface area contributed by atoms with Gasteiger partial charge >= 0.3 is 0 Å². The molecule has 2 atom stereocenters. The highest BCUT2D eigenvalue weighted by Gasteiger charge is 2.32. The number of nitrogens with zero attached hydrogens (tertiary/aromatic N) is 4. The van der Waals surface area contributed by atoms with Gasteiger partial charge in [0.1, 0.15) is 18.5 Å². The van der Waals surface area contributed by atoms with Crippen LogP contribution in [0.5, 0.6) is 0 Å². The van der Waals surface area contributed by atoms with Crippen LogP contribution in [0.15, 0.2) is 23.8 Å². The summed E-state index contributed by atoms with van der Waals surface area (Å²) in [6.45, 7) is 0. The van der Waals surface area contributed by atoms with Crippen LogP contribution in [0.3, 0.4) is 0 Å². The van der Waals surface area contributed by atoms with Gasteiger partial charge in [0.2, 0.25) is 0 Å². The minimum atomic E-state index is -2.85. The minimum Gasteiger partial charge on any atom is -0.385 e. The summed E-state index contributed by atoms with van der Waals surface area (Å²) in [4.78, 5) is 0.583. The molecule has 0 spiro atoms. The molecule has 2 unspecified atom stereocenters. The monoisotopic (exact) mass is 246 g/mol. The van der Waals surface area contributed by atoms with Crippen molar-refractivity contribution in [1.82, 2.24) is 20.2 Å². The normalized spacial score (nSPS) is 15.2. The van der Waals surface area contributed by atoms with Crippen molar-refractivity contribution in [2.24, 2.45) is 0 Å². The average Bonchev–Trinajstić information content (AvgIpc) is 2.89. The summed E-state index contributed by atoms with van der Waals surface area (Å²) < 4.78 is 26.2. The van der Waals surface area contributed by atoms with E-state index in [1.807, 2.05) is 0 Å². The Morgan fingerprint density at radius 1 is 1.44 bits per heavy atom. The summed E-state index contributed by atoms with van der Waals surface area (Å²) in [6.07, 6.45) is -3.48. The lowest BCUT2D eigenvalue weighted by atomic mass is 10.1. The van der Waals surface area contributed by atoms with E-state index in [-0.39, 0.29) is 0 Å². The number of halogens is 2. The predicted octanol–water partition coefficient (Wildman–Crippen LogP) is 0.950. The van der Waals surface area contributed by atoms with Crippen LogP contribution in [0.4, 0.5) is 8.78 Å². The third-order valence-electron chi connectivity index (χ3n) is 2.07. The topological polar surface area (TPSA) is 63.8 Å². The SMILES string of the molecule is OC(C(F)F)C(c1cccs1)n1cnnn1. The molecule has 0 saturated heterocycles. The van der Waals surface area contributed by atoms with E-state index < -0.39 is 18.6 Å². The first-order valence-corrected chi connectivity index (χ1v) is 5.30. The fraction of sp³-hybridized carbons (Fsp3) is 0.375. The van der Waals surface area contributed by atoms with E-state index in [1.54, 1.807) is 17.5 Å². The Morgan fingerprint density at radius 3 is 2.75 bits per heavy atom. The minimum absolute atomic E-state index is 0.583. The Hall–Kier alpha value is -1.41. The molecule has 2 aromatic rings. The maximum absolute atomic E-state index is 12.5. The first-order chi connectivity index (χ1) is 7.70. The highest BCUT2D eigenvalue weighted by Crippen LogP contribution is 2.28. The van der Waals surface area contributed by atoms with Crippen LogP contribution in [0.25, 0.3) is 0 Å². The Morgan fingerprint density at radius 2 is 2.25 bits per heavy atom. The second kappa shape index (κ2) is 4.62. The zero-order valence-electron chi connectivity index (χ0n) is 7.94. The van der Waals surface area contributed by atoms with Crippen molar-refractivity contribution in [3.63, 3.8) is 0 Å². The van der Waals surface area contributed by atoms with Crippen LogP contribution in [-0.4, -0.2) is 37.8 Å². The molecule has 0 amide bonds. The van der Waals surface area contributed by atoms with E-state index in [4.69, 9.17) is 0 Å². The largest absolute Gasteiger partial charge is 0.385 e. The number of thiophene rings is 1. The van der Waals surface area contributed by atoms with E-state index in [0.29, 0.717) is 4.88 Å². The smallest absolute Gasteiger partial charge is 0.266 e. The summed E-state index contributed by atoms with van der Waals surface area (Å²) in [5.74, 6) is 0. The molecule has 16 heavy (non-hydrogen) atoms. The molecule has 0 radical (unpaired) electrons. The van der Waals surface area contributed by atoms with E-state index in [0.717, 1.165) is 4.68 Å². The highest BCUT2D eigenvalue weighted by atomic mass is 32.1. The molecular weight excluding hydrogens is 238 g/mol. The van der Waals surface area contributed by atoms with E-state index >= 15 is 0 Å². The lowest BCUT2D eigenvalue weighted by Gasteiger charge is -2.20. The van der Waals surface area contributed by atoms with Crippen molar-refractivity contribution in [3.8, 4) is 0 Å². The zero-order chi connectivity index (χ0) is 11.5. The van der Waals surface area contributed by atoms with E-state index in [9.17, 15) is 13.9 Å². The van der Waals surface area contributed by atoms with Gasteiger partial charge < -0.3 is 5.11 Å². The van der Waals surface area contributed by atoms with Crippen LogP contribution < -0.4 is 0 Å². The molecule has 0 aliphatic carbocycles. The summed E-state index contributed by atoms with van der Waals surface area (Å²) in [5, 5.41) is 21.5. The van der Waals surface area contributed by atoms with E-state index in [1.165, 1.54) is 17.7 Å². The number of alkyl halides is 2. The number of rotatable bonds is 4. The van der Waals surface area contributed by atoms with Gasteiger partial charge in [0, 0.05) is 4.88 Å². The Kier molecular flexibility index (Phi) is 3.20. The van der Waals surface area contributed by atoms with Crippen LogP contribution in [0.1, 0.15) is 10.9 Å². The maximum Gasteiger partial charge on any atom is 0.266 e. The molecule has 0 saturated carbocycles. The third kappa shape index (κ3) is 2.07. The highest BCUT2D eigenvalue weighted by molar-refractivity contribution is 7.10. The van der Waals surface area contributed by atoms with Gasteiger partial charge in [-0.2, -0.15) is 0 Å². The van der Waals surface area contributed by atoms with Crippen LogP contribution in [0, 0.1) is 0 Å². The second-order valence-corrected chi connectivity index (χ2v) is 4.05. The first-order valence-electron chi connectivity index (χ1n) is 4.42. The average molecular weight is 246 g/mol. The maximum atomic E-state index is 12.5. The number of aromatic nitrogens is 4. The third-order valence-corrected chi connectivity index (χ3v) is 3.01. The van der Waals surface area contributed by atoms with E-state index in [2.05, 4.69) is 15.5 Å². The zero-order valence-corrected chi connectivity index (χ0v) is 8.76. The second-order valence-electron chi connectivity index (χ2n) is 3.08. The van der Waals surface area contributed by atoms with Gasteiger partial charge in [-0.3, -0.25) is 0 Å². The molecule has 2 heterocycles. The van der Waals surface area contributed by atoms with Crippen molar-refractivity contribution >= 4 is 11.3 Å². The molecule has 0 aliphatic rings. The fourth-order valence-corrected chi connectivity index (χ4v) is 2.21. The van der Waals surface area contributed by atoms with Crippen LogP contribution in [0.2, 0.25) is 0 Å². The molecule has 0 fully saturated rings. The lowest BCUT2D eigenvalue weighted by molar-refractivity contribution is -0.0276. The number of aliphatic hydroxyl groups excluding tert-OH is 1. The number of hydrogen-bond donors (Lipinski definition) is 1. The molecule has 2 aromatic heterocycles. The summed E-state index contributed by atoms with van der Waals surface area (Å²) >= 11 is 1.27. The van der Waals surface area contributed by atoms with Gasteiger partial charge in [-0.1, -0.05) is 6.07 Å². The van der Waals surface area contributed by atoms with Crippen LogP contribution >= 0.6 is 11.3 Å². The standard InChI is InChI=1S/C8H8F2N4OS/c9-8(10)7(15)6(5-2-1-3-16-5)14-4-11-12-13-14/h1-4,6-8,15H. The molecule has 0 aromatic carbocycles. The van der Waals surface area contributed by atoms with Crippen molar-refractivity contribution in [2.75, 3.05) is 0 Å². The van der Waals surface area contributed by atoms with Gasteiger partial charge in [0.05, 0.1) is 0 Å². The van der Waals surface area contributed by atoms with Gasteiger partial charge in [0.15, 0.2) is 0 Å². The Balaban J connectivity index is 2.34. The molecular formula is C8H8F2N4OS. The molecule has 8 heteroatoms. The molecule has 0 aliphatic heterocycles. The summed E-state index contributed by atoms with van der Waals surface area (Å²) in [6, 6.07) is 2.42. The quantitative estimate of drug-likeness (QED) is 0.872. The van der Waals surface area contributed by atoms with Crippen molar-refractivity contribution in [1.29, 1.82) is 0 Å². The van der Waals surface area contributed by atoms with Crippen LogP contribution in [-0.2, 0) is 0 Å². The van der Waals surface area contributed by atoms with Gasteiger partial charge in [-0.05, 0) is 21.9 Å². The Labute approximate surface area is 93.3 Å². The summed E-state index contributed by atoms with van der Waals surface area (Å²) in [7, 11) is 0.